The number of nitrogens with zero attached hydrogens (tertiary/aromatic N) is 1. The minimum Gasteiger partial charge on any atom is -0.497 e. The number of hydrogen-bond donors (Lipinski definition) is 1. The van der Waals surface area contributed by atoms with Gasteiger partial charge in [-0.2, -0.15) is 0 Å². The van der Waals surface area contributed by atoms with E-state index in [1.165, 1.54) is 14.2 Å². The van der Waals surface area contributed by atoms with Gasteiger partial charge in [-0.15, -0.1) is 0 Å². The lowest BCUT2D eigenvalue weighted by Gasteiger charge is -2.14. The summed E-state index contributed by atoms with van der Waals surface area (Å²) in [6.45, 7) is 1.96. The molecule has 0 spiro atoms. The number of anilines is 1. The highest BCUT2D eigenvalue weighted by Gasteiger charge is 2.37. The van der Waals surface area contributed by atoms with Crippen molar-refractivity contribution in [2.75, 3.05) is 26.6 Å². The molecule has 1 N–H and O–H groups in total. The highest BCUT2D eigenvalue weighted by molar-refractivity contribution is 6.36. The third-order valence-corrected chi connectivity index (χ3v) is 4.29. The van der Waals surface area contributed by atoms with Gasteiger partial charge in [-0.05, 0) is 24.6 Å². The maximum absolute atomic E-state index is 12.6. The van der Waals surface area contributed by atoms with Gasteiger partial charge >= 0.3 is 0 Å². The Morgan fingerprint density at radius 1 is 0.923 bits per heavy atom. The molecule has 2 amide bonds. The van der Waals surface area contributed by atoms with Crippen LogP contribution in [0.15, 0.2) is 48.2 Å². The van der Waals surface area contributed by atoms with E-state index in [0.29, 0.717) is 28.3 Å². The Hall–Kier alpha value is -3.28. The summed E-state index contributed by atoms with van der Waals surface area (Å²) < 4.78 is 10.6. The summed E-state index contributed by atoms with van der Waals surface area (Å²) in [6, 6.07) is 12.7. The van der Waals surface area contributed by atoms with Gasteiger partial charge in [0.15, 0.2) is 0 Å². The second-order valence-corrected chi connectivity index (χ2v) is 5.98. The quantitative estimate of drug-likeness (QED) is 0.838. The van der Waals surface area contributed by atoms with Crippen molar-refractivity contribution in [3.8, 4) is 11.5 Å². The summed E-state index contributed by atoms with van der Waals surface area (Å²) in [6.07, 6.45) is 0. The number of carbonyl (C=O) groups is 2. The van der Waals surface area contributed by atoms with Gasteiger partial charge in [-0.3, -0.25) is 14.5 Å². The fourth-order valence-corrected chi connectivity index (χ4v) is 2.79. The number of likely N-dealkylation sites (N-methyl/N-ethyl adjacent to an activating group) is 1. The summed E-state index contributed by atoms with van der Waals surface area (Å²) >= 11 is 0. The predicted octanol–water partition coefficient (Wildman–Crippen LogP) is 2.83. The normalized spacial score (nSPS) is 14.1. The number of methoxy groups -OCH3 is 2. The molecule has 0 radical (unpaired) electrons. The largest absolute Gasteiger partial charge is 0.497 e. The molecule has 3 rings (SSSR count). The first-order valence-corrected chi connectivity index (χ1v) is 8.09. The van der Waals surface area contributed by atoms with Crippen molar-refractivity contribution in [1.82, 2.24) is 4.90 Å². The topological polar surface area (TPSA) is 67.9 Å². The third kappa shape index (κ3) is 3.01. The van der Waals surface area contributed by atoms with Crippen molar-refractivity contribution in [2.24, 2.45) is 0 Å². The van der Waals surface area contributed by atoms with Crippen molar-refractivity contribution in [3.05, 3.63) is 59.3 Å². The number of amides is 2. The van der Waals surface area contributed by atoms with Crippen LogP contribution in [0.3, 0.4) is 0 Å². The van der Waals surface area contributed by atoms with Crippen LogP contribution in [0.1, 0.15) is 11.1 Å². The molecule has 0 saturated carbocycles. The average Bonchev–Trinajstić information content (AvgIpc) is 2.86. The first-order valence-electron chi connectivity index (χ1n) is 8.09. The number of ether oxygens (including phenoxy) is 2. The van der Waals surface area contributed by atoms with E-state index in [1.807, 2.05) is 31.2 Å². The fraction of sp³-hybridized carbons (Fsp3) is 0.200. The second-order valence-electron chi connectivity index (χ2n) is 5.98. The first-order chi connectivity index (χ1) is 12.5. The van der Waals surface area contributed by atoms with Crippen LogP contribution in [0, 0.1) is 6.92 Å². The van der Waals surface area contributed by atoms with Crippen LogP contribution in [0.5, 0.6) is 11.5 Å². The van der Waals surface area contributed by atoms with Gasteiger partial charge in [0.05, 0.1) is 25.5 Å². The molecule has 6 heteroatoms. The lowest BCUT2D eigenvalue weighted by molar-refractivity contribution is -0.135. The molecule has 0 aromatic heterocycles. The SMILES string of the molecule is COc1ccc(OC)c(NC2=C(c3ccc(C)cc3)C(=O)N(C)C2=O)c1. The Balaban J connectivity index is 2.11. The molecule has 0 atom stereocenters. The van der Waals surface area contributed by atoms with Gasteiger partial charge < -0.3 is 14.8 Å². The maximum Gasteiger partial charge on any atom is 0.277 e. The predicted molar refractivity (Wildman–Crippen MR) is 99.0 cm³/mol. The van der Waals surface area contributed by atoms with Crippen LogP contribution in [-0.2, 0) is 9.59 Å². The summed E-state index contributed by atoms with van der Waals surface area (Å²) in [4.78, 5) is 26.4. The number of benzene rings is 2. The molecule has 1 aliphatic heterocycles. The van der Waals surface area contributed by atoms with E-state index in [4.69, 9.17) is 9.47 Å². The van der Waals surface area contributed by atoms with Gasteiger partial charge in [0.1, 0.15) is 17.2 Å². The molecule has 26 heavy (non-hydrogen) atoms. The second kappa shape index (κ2) is 6.92. The molecular weight excluding hydrogens is 332 g/mol. The number of nitrogens with one attached hydrogen (secondary N) is 1. The Labute approximate surface area is 152 Å². The smallest absolute Gasteiger partial charge is 0.277 e. The summed E-state index contributed by atoms with van der Waals surface area (Å²) in [5.74, 6) is 0.408. The number of imide groups is 1. The van der Waals surface area contributed by atoms with Gasteiger partial charge in [0, 0.05) is 13.1 Å². The van der Waals surface area contributed by atoms with Crippen molar-refractivity contribution in [2.45, 2.75) is 6.92 Å². The van der Waals surface area contributed by atoms with Gasteiger partial charge in [0.2, 0.25) is 0 Å². The molecule has 1 heterocycles. The monoisotopic (exact) mass is 352 g/mol. The lowest BCUT2D eigenvalue weighted by atomic mass is 10.0. The molecular formula is C20H20N2O4. The van der Waals surface area contributed by atoms with E-state index >= 15 is 0 Å². The maximum atomic E-state index is 12.6. The van der Waals surface area contributed by atoms with E-state index in [-0.39, 0.29) is 11.6 Å². The minimum absolute atomic E-state index is 0.216. The van der Waals surface area contributed by atoms with Crippen LogP contribution in [0.25, 0.3) is 5.57 Å². The van der Waals surface area contributed by atoms with E-state index in [2.05, 4.69) is 5.32 Å². The molecule has 0 saturated heterocycles. The van der Waals surface area contributed by atoms with E-state index in [0.717, 1.165) is 10.5 Å². The fourth-order valence-electron chi connectivity index (χ4n) is 2.79. The Morgan fingerprint density at radius 3 is 2.23 bits per heavy atom. The lowest BCUT2D eigenvalue weighted by Crippen LogP contribution is -2.28. The van der Waals surface area contributed by atoms with Crippen molar-refractivity contribution in [1.29, 1.82) is 0 Å². The average molecular weight is 352 g/mol. The molecule has 0 aliphatic carbocycles. The Morgan fingerprint density at radius 2 is 1.62 bits per heavy atom. The van der Waals surface area contributed by atoms with Crippen molar-refractivity contribution in [3.63, 3.8) is 0 Å². The number of aryl methyl sites for hydroxylation is 1. The van der Waals surface area contributed by atoms with E-state index < -0.39 is 5.91 Å². The molecule has 0 unspecified atom stereocenters. The zero-order valence-electron chi connectivity index (χ0n) is 15.1. The standard InChI is InChI=1S/C20H20N2O4/c1-12-5-7-13(8-6-12)17-18(20(24)22(2)19(17)23)21-15-11-14(25-3)9-10-16(15)26-4/h5-11,21H,1-4H3. The van der Waals surface area contributed by atoms with E-state index in [1.54, 1.807) is 25.3 Å². The third-order valence-electron chi connectivity index (χ3n) is 4.29. The first kappa shape index (κ1) is 17.5. The number of carbonyl (C=O) groups excluding carboxylic acids is 2. The van der Waals surface area contributed by atoms with Gasteiger partial charge in [0.25, 0.3) is 11.8 Å². The number of hydrogen-bond acceptors (Lipinski definition) is 5. The van der Waals surface area contributed by atoms with Crippen LogP contribution in [-0.4, -0.2) is 38.0 Å². The van der Waals surface area contributed by atoms with Crippen LogP contribution in [0.2, 0.25) is 0 Å². The molecule has 6 nitrogen and oxygen atoms in total. The minimum atomic E-state index is -0.393. The highest BCUT2D eigenvalue weighted by atomic mass is 16.5. The number of rotatable bonds is 5. The molecule has 0 bridgehead atoms. The van der Waals surface area contributed by atoms with Crippen LogP contribution in [0.4, 0.5) is 5.69 Å². The van der Waals surface area contributed by atoms with Crippen molar-refractivity contribution < 1.29 is 19.1 Å². The van der Waals surface area contributed by atoms with Crippen LogP contribution < -0.4 is 14.8 Å². The molecule has 2 aromatic carbocycles. The summed E-state index contributed by atoms with van der Waals surface area (Å²) in [5, 5.41) is 3.07. The van der Waals surface area contributed by atoms with Gasteiger partial charge in [-0.25, -0.2) is 0 Å². The van der Waals surface area contributed by atoms with E-state index in [9.17, 15) is 9.59 Å². The molecule has 1 aliphatic rings. The van der Waals surface area contributed by atoms with Gasteiger partial charge in [-0.1, -0.05) is 29.8 Å². The molecule has 0 fully saturated rings. The Kier molecular flexibility index (Phi) is 4.67. The summed E-state index contributed by atoms with van der Waals surface area (Å²) in [5.41, 5.74) is 2.85. The van der Waals surface area contributed by atoms with Crippen molar-refractivity contribution >= 4 is 23.1 Å². The Bertz CT molecular complexity index is 901. The summed E-state index contributed by atoms with van der Waals surface area (Å²) in [7, 11) is 4.56. The zero-order chi connectivity index (χ0) is 18.8. The molecule has 134 valence electrons. The highest BCUT2D eigenvalue weighted by Crippen LogP contribution is 2.34. The zero-order valence-corrected chi connectivity index (χ0v) is 15.1. The van der Waals surface area contributed by atoms with Crippen LogP contribution >= 0.6 is 0 Å². The molecule has 2 aromatic rings.